The molecule has 76 valence electrons. The molecule has 0 unspecified atom stereocenters. The fourth-order valence-electron chi connectivity index (χ4n) is 1.69. The van der Waals surface area contributed by atoms with Crippen molar-refractivity contribution in [1.82, 2.24) is 10.2 Å². The van der Waals surface area contributed by atoms with Crippen LogP contribution in [0.15, 0.2) is 11.2 Å². The van der Waals surface area contributed by atoms with E-state index < -0.39 is 0 Å². The molecule has 0 radical (unpaired) electrons. The molecule has 3 nitrogen and oxygen atoms in total. The lowest BCUT2D eigenvalue weighted by atomic mass is 9.99. The Morgan fingerprint density at radius 3 is 2.80 bits per heavy atom. The Labute approximate surface area is 89.3 Å². The topological polar surface area (TPSA) is 38.1 Å². The van der Waals surface area contributed by atoms with Gasteiger partial charge in [0.15, 0.2) is 0 Å². The van der Waals surface area contributed by atoms with E-state index in [4.69, 9.17) is 0 Å². The number of hydrogen-bond acceptors (Lipinski definition) is 3. The predicted molar refractivity (Wildman–Crippen MR) is 61.8 cm³/mol. The van der Waals surface area contributed by atoms with E-state index in [0.717, 1.165) is 17.0 Å². The van der Waals surface area contributed by atoms with Gasteiger partial charge in [-0.2, -0.15) is 5.10 Å². The van der Waals surface area contributed by atoms with Gasteiger partial charge in [0, 0.05) is 17.8 Å². The van der Waals surface area contributed by atoms with E-state index in [2.05, 4.69) is 41.8 Å². The van der Waals surface area contributed by atoms with Gasteiger partial charge in [0.1, 0.15) is 5.69 Å². The molecular weight excluding hydrogens is 186 g/mol. The van der Waals surface area contributed by atoms with Gasteiger partial charge < -0.3 is 0 Å². The van der Waals surface area contributed by atoms with Gasteiger partial charge in [-0.3, -0.25) is 0 Å². The van der Waals surface area contributed by atoms with Gasteiger partial charge in [0.05, 0.1) is 5.69 Å². The third-order valence-electron chi connectivity index (χ3n) is 2.47. The Morgan fingerprint density at radius 1 is 1.27 bits per heavy atom. The third kappa shape index (κ3) is 1.74. The first-order valence-electron chi connectivity index (χ1n) is 5.02. The van der Waals surface area contributed by atoms with E-state index in [9.17, 15) is 0 Å². The molecule has 0 saturated carbocycles. The molecule has 0 aromatic carbocycles. The SMILES string of the molecule is Cc1c(C(C)C)nnc2c1C=CN=C=C2. The Morgan fingerprint density at radius 2 is 2.07 bits per heavy atom. The molecule has 0 saturated heterocycles. The highest BCUT2D eigenvalue weighted by Gasteiger charge is 2.12. The predicted octanol–water partition coefficient (Wildman–Crippen LogP) is 2.58. The van der Waals surface area contributed by atoms with Gasteiger partial charge in [0.25, 0.3) is 0 Å². The molecule has 0 fully saturated rings. The molecule has 15 heavy (non-hydrogen) atoms. The highest BCUT2D eigenvalue weighted by molar-refractivity contribution is 5.83. The first-order chi connectivity index (χ1) is 7.20. The van der Waals surface area contributed by atoms with Crippen molar-refractivity contribution in [2.24, 2.45) is 4.99 Å². The molecule has 1 aliphatic heterocycles. The van der Waals surface area contributed by atoms with Crippen molar-refractivity contribution in [2.45, 2.75) is 26.7 Å². The second-order valence-corrected chi connectivity index (χ2v) is 3.88. The maximum Gasteiger partial charge on any atom is 0.103 e. The smallest absolute Gasteiger partial charge is 0.103 e. The monoisotopic (exact) mass is 199 g/mol. The largest absolute Gasteiger partial charge is 0.214 e. The minimum atomic E-state index is 0.393. The number of nitrogens with zero attached hydrogens (tertiary/aromatic N) is 3. The van der Waals surface area contributed by atoms with E-state index in [1.54, 1.807) is 12.3 Å². The van der Waals surface area contributed by atoms with Crippen LogP contribution in [-0.4, -0.2) is 16.1 Å². The molecule has 0 spiro atoms. The second kappa shape index (κ2) is 3.79. The van der Waals surface area contributed by atoms with Crippen molar-refractivity contribution >= 4 is 18.0 Å². The molecule has 1 aliphatic rings. The van der Waals surface area contributed by atoms with Gasteiger partial charge in [-0.05, 0) is 30.4 Å². The van der Waals surface area contributed by atoms with Gasteiger partial charge in [-0.1, -0.05) is 13.8 Å². The number of rotatable bonds is 1. The summed E-state index contributed by atoms with van der Waals surface area (Å²) in [5, 5.41) is 8.42. The zero-order valence-electron chi connectivity index (χ0n) is 9.15. The number of fused-ring (bicyclic) bond motifs is 1. The van der Waals surface area contributed by atoms with Crippen LogP contribution in [0, 0.1) is 6.92 Å². The lowest BCUT2D eigenvalue weighted by Gasteiger charge is -2.11. The van der Waals surface area contributed by atoms with Crippen LogP contribution >= 0.6 is 0 Å². The highest BCUT2D eigenvalue weighted by Crippen LogP contribution is 2.23. The zero-order valence-corrected chi connectivity index (χ0v) is 9.15. The van der Waals surface area contributed by atoms with Crippen LogP contribution in [0.1, 0.15) is 42.3 Å². The van der Waals surface area contributed by atoms with Gasteiger partial charge >= 0.3 is 0 Å². The average molecular weight is 199 g/mol. The van der Waals surface area contributed by atoms with E-state index in [1.807, 2.05) is 6.08 Å². The molecule has 0 aliphatic carbocycles. The Bertz CT molecular complexity index is 478. The van der Waals surface area contributed by atoms with E-state index in [1.165, 1.54) is 5.56 Å². The summed E-state index contributed by atoms with van der Waals surface area (Å²) in [7, 11) is 0. The van der Waals surface area contributed by atoms with Crippen molar-refractivity contribution in [1.29, 1.82) is 0 Å². The first kappa shape index (κ1) is 9.81. The summed E-state index contributed by atoms with van der Waals surface area (Å²) in [6, 6.07) is 0. The van der Waals surface area contributed by atoms with E-state index >= 15 is 0 Å². The minimum Gasteiger partial charge on any atom is -0.214 e. The van der Waals surface area contributed by atoms with Crippen molar-refractivity contribution in [3.05, 3.63) is 28.7 Å². The van der Waals surface area contributed by atoms with E-state index in [0.29, 0.717) is 5.92 Å². The van der Waals surface area contributed by atoms with Crippen LogP contribution in [0.5, 0.6) is 0 Å². The molecular formula is C12H13N3. The Kier molecular flexibility index (Phi) is 2.48. The van der Waals surface area contributed by atoms with Gasteiger partial charge in [-0.25, -0.2) is 4.99 Å². The number of hydrogen-bond donors (Lipinski definition) is 0. The molecule has 2 rings (SSSR count). The Balaban J connectivity index is 2.65. The Hall–Kier alpha value is -1.73. The highest BCUT2D eigenvalue weighted by atomic mass is 15.1. The van der Waals surface area contributed by atoms with Gasteiger partial charge in [-0.15, -0.1) is 5.10 Å². The second-order valence-electron chi connectivity index (χ2n) is 3.88. The van der Waals surface area contributed by atoms with E-state index in [-0.39, 0.29) is 0 Å². The van der Waals surface area contributed by atoms with Crippen LogP contribution in [0.2, 0.25) is 0 Å². The first-order valence-corrected chi connectivity index (χ1v) is 5.02. The lowest BCUT2D eigenvalue weighted by Crippen LogP contribution is -2.04. The van der Waals surface area contributed by atoms with Crippen molar-refractivity contribution in [3.63, 3.8) is 0 Å². The normalized spacial score (nSPS) is 13.1. The van der Waals surface area contributed by atoms with Crippen LogP contribution < -0.4 is 0 Å². The van der Waals surface area contributed by atoms with Crippen molar-refractivity contribution in [3.8, 4) is 0 Å². The van der Waals surface area contributed by atoms with Crippen LogP contribution in [0.4, 0.5) is 0 Å². The molecule has 0 atom stereocenters. The summed E-state index contributed by atoms with van der Waals surface area (Å²) in [6.45, 7) is 6.32. The maximum absolute atomic E-state index is 4.24. The summed E-state index contributed by atoms with van der Waals surface area (Å²) in [4.78, 5) is 3.95. The van der Waals surface area contributed by atoms with Crippen molar-refractivity contribution in [2.75, 3.05) is 0 Å². The molecule has 1 aromatic heterocycles. The summed E-state index contributed by atoms with van der Waals surface area (Å²) in [6.07, 6.45) is 5.46. The fraction of sp³-hybridized carbons (Fsp3) is 0.333. The van der Waals surface area contributed by atoms with Crippen LogP contribution in [0.3, 0.4) is 0 Å². The average Bonchev–Trinajstić information content (AvgIpc) is 2.43. The molecule has 1 aromatic rings. The summed E-state index contributed by atoms with van der Waals surface area (Å²) in [5.41, 5.74) is 4.17. The number of aliphatic imine (C=N–C) groups is 1. The standard InChI is InChI=1S/C12H13N3/c1-8(2)12-9(3)10-4-6-13-7-5-11(10)14-15-12/h4-6,8H,1-3H3. The van der Waals surface area contributed by atoms with Gasteiger partial charge in [0.2, 0.25) is 0 Å². The summed E-state index contributed by atoms with van der Waals surface area (Å²) >= 11 is 0. The lowest BCUT2D eigenvalue weighted by molar-refractivity contribution is 0.770. The quantitative estimate of drug-likeness (QED) is 0.697. The molecule has 0 amide bonds. The molecule has 0 bridgehead atoms. The zero-order chi connectivity index (χ0) is 10.8. The van der Waals surface area contributed by atoms with Crippen LogP contribution in [0.25, 0.3) is 12.2 Å². The number of aromatic nitrogens is 2. The molecule has 2 heterocycles. The summed E-state index contributed by atoms with van der Waals surface area (Å²) < 4.78 is 0. The molecule has 0 N–H and O–H groups in total. The minimum absolute atomic E-state index is 0.393. The fourth-order valence-corrected chi connectivity index (χ4v) is 1.69. The van der Waals surface area contributed by atoms with Crippen LogP contribution in [-0.2, 0) is 0 Å². The summed E-state index contributed by atoms with van der Waals surface area (Å²) in [5.74, 6) is 3.18. The van der Waals surface area contributed by atoms with Crippen molar-refractivity contribution < 1.29 is 0 Å². The maximum atomic E-state index is 4.24. The molecule has 3 heteroatoms. The third-order valence-corrected chi connectivity index (χ3v) is 2.47.